The molecular formula is C17H25BrNO2+. The predicted molar refractivity (Wildman–Crippen MR) is 89.5 cm³/mol. The SMILES string of the molecule is CCOC1(OCC)C=[N+](CCc2ccccc2)C(CBr)C1. The molecule has 0 saturated carbocycles. The van der Waals surface area contributed by atoms with E-state index in [1.807, 2.05) is 13.8 Å². The molecule has 1 atom stereocenters. The second-order valence-corrected chi connectivity index (χ2v) is 5.94. The average molecular weight is 355 g/mol. The number of benzene rings is 1. The lowest BCUT2D eigenvalue weighted by molar-refractivity contribution is -0.548. The smallest absolute Gasteiger partial charge is 0.254 e. The van der Waals surface area contributed by atoms with Gasteiger partial charge in [0, 0.05) is 19.6 Å². The second kappa shape index (κ2) is 8.06. The molecule has 1 unspecified atom stereocenters. The van der Waals surface area contributed by atoms with Gasteiger partial charge in [0.05, 0.1) is 11.8 Å². The topological polar surface area (TPSA) is 21.5 Å². The van der Waals surface area contributed by atoms with Crippen LogP contribution in [-0.2, 0) is 15.9 Å². The molecule has 0 aliphatic carbocycles. The minimum absolute atomic E-state index is 0.423. The van der Waals surface area contributed by atoms with Crippen LogP contribution >= 0.6 is 15.9 Å². The molecule has 4 heteroatoms. The molecule has 1 aliphatic rings. The summed E-state index contributed by atoms with van der Waals surface area (Å²) in [6.45, 7) is 6.35. The fraction of sp³-hybridized carbons (Fsp3) is 0.588. The first kappa shape index (κ1) is 16.7. The van der Waals surface area contributed by atoms with Crippen LogP contribution in [0.1, 0.15) is 25.8 Å². The third-order valence-electron chi connectivity index (χ3n) is 3.81. The summed E-state index contributed by atoms with van der Waals surface area (Å²) in [6.07, 6.45) is 4.07. The first-order valence-electron chi connectivity index (χ1n) is 7.72. The van der Waals surface area contributed by atoms with Gasteiger partial charge in [-0.2, -0.15) is 0 Å². The molecule has 0 aromatic heterocycles. The van der Waals surface area contributed by atoms with Crippen molar-refractivity contribution in [2.24, 2.45) is 0 Å². The molecule has 0 fully saturated rings. The molecule has 0 radical (unpaired) electrons. The quantitative estimate of drug-likeness (QED) is 0.406. The van der Waals surface area contributed by atoms with Gasteiger partial charge in [-0.05, 0) is 19.4 Å². The third kappa shape index (κ3) is 4.38. The number of hydrogen-bond donors (Lipinski definition) is 0. The maximum atomic E-state index is 5.90. The minimum atomic E-state index is -0.543. The Hall–Kier alpha value is -0.710. The summed E-state index contributed by atoms with van der Waals surface area (Å²) in [5.74, 6) is -0.543. The summed E-state index contributed by atoms with van der Waals surface area (Å²) in [5.41, 5.74) is 1.37. The molecular weight excluding hydrogens is 330 g/mol. The Balaban J connectivity index is 2.07. The zero-order chi connectivity index (χ0) is 15.1. The number of nitrogens with zero attached hydrogens (tertiary/aromatic N) is 1. The molecule has 1 aromatic carbocycles. The Morgan fingerprint density at radius 3 is 2.43 bits per heavy atom. The zero-order valence-corrected chi connectivity index (χ0v) is 14.5. The summed E-state index contributed by atoms with van der Waals surface area (Å²) < 4.78 is 14.2. The van der Waals surface area contributed by atoms with Gasteiger partial charge in [-0.25, -0.2) is 4.58 Å². The van der Waals surface area contributed by atoms with E-state index in [4.69, 9.17) is 9.47 Å². The number of halogens is 1. The van der Waals surface area contributed by atoms with Gasteiger partial charge in [-0.15, -0.1) is 0 Å². The van der Waals surface area contributed by atoms with Gasteiger partial charge < -0.3 is 9.47 Å². The van der Waals surface area contributed by atoms with Crippen molar-refractivity contribution < 1.29 is 14.0 Å². The highest BCUT2D eigenvalue weighted by Gasteiger charge is 2.46. The highest BCUT2D eigenvalue weighted by molar-refractivity contribution is 9.09. The average Bonchev–Trinajstić information content (AvgIpc) is 2.85. The van der Waals surface area contributed by atoms with Gasteiger partial charge in [-0.3, -0.25) is 0 Å². The van der Waals surface area contributed by atoms with Gasteiger partial charge in [0.2, 0.25) is 6.21 Å². The summed E-state index contributed by atoms with van der Waals surface area (Å²) in [5, 5.41) is 0.931. The molecule has 0 amide bonds. The molecule has 0 spiro atoms. The first-order chi connectivity index (χ1) is 10.2. The van der Waals surface area contributed by atoms with Gasteiger partial charge >= 0.3 is 0 Å². The fourth-order valence-corrected chi connectivity index (χ4v) is 3.47. The van der Waals surface area contributed by atoms with Gasteiger partial charge in [-0.1, -0.05) is 46.3 Å². The van der Waals surface area contributed by atoms with Crippen molar-refractivity contribution in [2.75, 3.05) is 25.1 Å². The number of rotatable bonds is 8. The molecule has 1 aliphatic heterocycles. The summed E-state index contributed by atoms with van der Waals surface area (Å²) in [4.78, 5) is 0. The number of hydrogen-bond acceptors (Lipinski definition) is 2. The van der Waals surface area contributed by atoms with Crippen LogP contribution in [0, 0.1) is 0 Å². The van der Waals surface area contributed by atoms with Crippen molar-refractivity contribution in [3.8, 4) is 0 Å². The first-order valence-corrected chi connectivity index (χ1v) is 8.84. The maximum Gasteiger partial charge on any atom is 0.254 e. The van der Waals surface area contributed by atoms with E-state index in [0.717, 1.165) is 24.7 Å². The Morgan fingerprint density at radius 2 is 1.86 bits per heavy atom. The van der Waals surface area contributed by atoms with Crippen molar-refractivity contribution in [1.82, 2.24) is 0 Å². The predicted octanol–water partition coefficient (Wildman–Crippen LogP) is 3.25. The highest BCUT2D eigenvalue weighted by Crippen LogP contribution is 2.26. The van der Waals surface area contributed by atoms with E-state index in [0.29, 0.717) is 19.3 Å². The molecule has 0 bridgehead atoms. The Labute approximate surface area is 136 Å². The zero-order valence-electron chi connectivity index (χ0n) is 12.9. The van der Waals surface area contributed by atoms with E-state index < -0.39 is 5.79 Å². The van der Waals surface area contributed by atoms with E-state index in [1.54, 1.807) is 0 Å². The lowest BCUT2D eigenvalue weighted by Gasteiger charge is -2.23. The second-order valence-electron chi connectivity index (χ2n) is 5.29. The van der Waals surface area contributed by atoms with Gasteiger partial charge in [0.15, 0.2) is 6.04 Å². The van der Waals surface area contributed by atoms with Crippen LogP contribution in [0.3, 0.4) is 0 Å². The largest absolute Gasteiger partial charge is 0.342 e. The van der Waals surface area contributed by atoms with Crippen LogP contribution in [0.2, 0.25) is 0 Å². The molecule has 0 saturated heterocycles. The van der Waals surface area contributed by atoms with Crippen LogP contribution in [-0.4, -0.2) is 47.7 Å². The maximum absolute atomic E-state index is 5.90. The lowest BCUT2D eigenvalue weighted by atomic mass is 10.1. The van der Waals surface area contributed by atoms with Crippen LogP contribution in [0.15, 0.2) is 30.3 Å². The minimum Gasteiger partial charge on any atom is -0.342 e. The third-order valence-corrected chi connectivity index (χ3v) is 4.56. The lowest BCUT2D eigenvalue weighted by Crippen LogP contribution is -2.37. The molecule has 0 N–H and O–H groups in total. The van der Waals surface area contributed by atoms with Crippen LogP contribution in [0.25, 0.3) is 0 Å². The summed E-state index contributed by atoms with van der Waals surface area (Å²) >= 11 is 3.62. The van der Waals surface area contributed by atoms with Gasteiger partial charge in [0.1, 0.15) is 6.54 Å². The fourth-order valence-electron chi connectivity index (χ4n) is 2.87. The monoisotopic (exact) mass is 354 g/mol. The van der Waals surface area contributed by atoms with E-state index in [2.05, 4.69) is 57.1 Å². The van der Waals surface area contributed by atoms with Gasteiger partial charge in [0.25, 0.3) is 5.79 Å². The van der Waals surface area contributed by atoms with Crippen molar-refractivity contribution in [3.63, 3.8) is 0 Å². The number of alkyl halides is 1. The Morgan fingerprint density at radius 1 is 1.19 bits per heavy atom. The standard InChI is InChI=1S/C17H25BrNO2/c1-3-20-17(21-4-2)12-16(13-18)19(14-17)11-10-15-8-6-5-7-9-15/h5-9,14,16H,3-4,10-13H2,1-2H3/q+1. The molecule has 1 heterocycles. The summed E-state index contributed by atoms with van der Waals surface area (Å²) in [6, 6.07) is 11.0. The van der Waals surface area contributed by atoms with Crippen molar-refractivity contribution in [1.29, 1.82) is 0 Å². The van der Waals surface area contributed by atoms with E-state index in [9.17, 15) is 0 Å². The van der Waals surface area contributed by atoms with Crippen LogP contribution in [0.5, 0.6) is 0 Å². The summed E-state index contributed by atoms with van der Waals surface area (Å²) in [7, 11) is 0. The van der Waals surface area contributed by atoms with E-state index in [1.165, 1.54) is 5.56 Å². The molecule has 3 nitrogen and oxygen atoms in total. The highest BCUT2D eigenvalue weighted by atomic mass is 79.9. The normalized spacial score (nSPS) is 20.5. The molecule has 21 heavy (non-hydrogen) atoms. The van der Waals surface area contributed by atoms with Crippen molar-refractivity contribution in [3.05, 3.63) is 35.9 Å². The van der Waals surface area contributed by atoms with Crippen LogP contribution in [0.4, 0.5) is 0 Å². The molecule has 116 valence electrons. The van der Waals surface area contributed by atoms with Crippen molar-refractivity contribution in [2.45, 2.75) is 38.5 Å². The Kier molecular flexibility index (Phi) is 6.40. The van der Waals surface area contributed by atoms with Crippen LogP contribution < -0.4 is 0 Å². The number of ether oxygens (including phenoxy) is 2. The molecule has 2 rings (SSSR count). The van der Waals surface area contributed by atoms with E-state index >= 15 is 0 Å². The van der Waals surface area contributed by atoms with Crippen molar-refractivity contribution >= 4 is 22.1 Å². The Bertz CT molecular complexity index is 455. The molecule has 1 aromatic rings. The van der Waals surface area contributed by atoms with E-state index in [-0.39, 0.29) is 0 Å².